The van der Waals surface area contributed by atoms with Gasteiger partial charge in [-0.2, -0.15) is 0 Å². The predicted molar refractivity (Wildman–Crippen MR) is 135 cm³/mol. The zero-order valence-corrected chi connectivity index (χ0v) is 20.1. The standard InChI is InChI=1S/C27H26N2O2S2/c1-20-11-13-22(14-12-20)26(27(31)28-18-21-7-3-2-4-8-21)29(19-24-10-6-16-33-24)25(30)17-23-9-5-15-32-23/h2-16,26H,17-19H2,1H3,(H,28,31). The summed E-state index contributed by atoms with van der Waals surface area (Å²) in [6.07, 6.45) is 0.275. The van der Waals surface area contributed by atoms with Crippen molar-refractivity contribution in [3.8, 4) is 0 Å². The topological polar surface area (TPSA) is 49.4 Å². The van der Waals surface area contributed by atoms with Crippen molar-refractivity contribution in [2.24, 2.45) is 0 Å². The molecule has 2 aromatic carbocycles. The Hall–Kier alpha value is -3.22. The highest BCUT2D eigenvalue weighted by Gasteiger charge is 2.31. The van der Waals surface area contributed by atoms with E-state index in [9.17, 15) is 9.59 Å². The van der Waals surface area contributed by atoms with Crippen molar-refractivity contribution in [1.29, 1.82) is 0 Å². The Morgan fingerprint density at radius 3 is 2.15 bits per heavy atom. The van der Waals surface area contributed by atoms with E-state index < -0.39 is 6.04 Å². The molecule has 0 aliphatic rings. The molecule has 1 N–H and O–H groups in total. The lowest BCUT2D eigenvalue weighted by atomic mass is 10.0. The molecule has 0 aliphatic heterocycles. The van der Waals surface area contributed by atoms with Crippen LogP contribution in [0.1, 0.15) is 32.5 Å². The lowest BCUT2D eigenvalue weighted by Crippen LogP contribution is -2.43. The molecule has 2 amide bonds. The molecule has 4 nitrogen and oxygen atoms in total. The van der Waals surface area contributed by atoms with Gasteiger partial charge >= 0.3 is 0 Å². The number of amides is 2. The smallest absolute Gasteiger partial charge is 0.247 e. The van der Waals surface area contributed by atoms with Gasteiger partial charge in [-0.05, 0) is 40.9 Å². The van der Waals surface area contributed by atoms with Crippen molar-refractivity contribution < 1.29 is 9.59 Å². The van der Waals surface area contributed by atoms with Gasteiger partial charge < -0.3 is 10.2 Å². The maximum absolute atomic E-state index is 13.6. The Labute approximate surface area is 202 Å². The SMILES string of the molecule is Cc1ccc(C(C(=O)NCc2ccccc2)N(Cc2cccs2)C(=O)Cc2cccs2)cc1. The third kappa shape index (κ3) is 6.18. The fourth-order valence-electron chi connectivity index (χ4n) is 3.66. The molecule has 0 bridgehead atoms. The van der Waals surface area contributed by atoms with Gasteiger partial charge in [-0.1, -0.05) is 72.3 Å². The fourth-order valence-corrected chi connectivity index (χ4v) is 5.06. The van der Waals surface area contributed by atoms with Crippen LogP contribution in [0.5, 0.6) is 0 Å². The summed E-state index contributed by atoms with van der Waals surface area (Å²) in [5.74, 6) is -0.245. The van der Waals surface area contributed by atoms with E-state index in [-0.39, 0.29) is 18.2 Å². The quantitative estimate of drug-likeness (QED) is 0.336. The monoisotopic (exact) mass is 474 g/mol. The zero-order chi connectivity index (χ0) is 23.0. The molecule has 0 spiro atoms. The van der Waals surface area contributed by atoms with E-state index in [2.05, 4.69) is 5.32 Å². The third-order valence-corrected chi connectivity index (χ3v) is 7.13. The van der Waals surface area contributed by atoms with Crippen molar-refractivity contribution in [1.82, 2.24) is 10.2 Å². The van der Waals surface area contributed by atoms with E-state index in [4.69, 9.17) is 0 Å². The molecule has 0 aliphatic carbocycles. The molecule has 0 saturated carbocycles. The van der Waals surface area contributed by atoms with E-state index >= 15 is 0 Å². The Morgan fingerprint density at radius 1 is 0.848 bits per heavy atom. The van der Waals surface area contributed by atoms with Gasteiger partial charge in [-0.3, -0.25) is 9.59 Å². The molecule has 0 saturated heterocycles. The molecule has 4 rings (SSSR count). The first-order valence-corrected chi connectivity index (χ1v) is 12.6. The van der Waals surface area contributed by atoms with Crippen LogP contribution in [0, 0.1) is 6.92 Å². The molecule has 6 heteroatoms. The number of benzene rings is 2. The number of carbonyl (C=O) groups is 2. The van der Waals surface area contributed by atoms with Gasteiger partial charge in [0.15, 0.2) is 0 Å². The highest BCUT2D eigenvalue weighted by Crippen LogP contribution is 2.27. The molecule has 168 valence electrons. The number of aryl methyl sites for hydroxylation is 1. The Kier molecular flexibility index (Phi) is 7.70. The Balaban J connectivity index is 1.65. The molecule has 2 heterocycles. The normalized spacial score (nSPS) is 11.7. The first-order valence-electron chi connectivity index (χ1n) is 10.8. The van der Waals surface area contributed by atoms with Crippen molar-refractivity contribution in [2.75, 3.05) is 0 Å². The number of rotatable bonds is 9. The number of nitrogens with one attached hydrogen (secondary N) is 1. The van der Waals surface area contributed by atoms with Gasteiger partial charge in [0.1, 0.15) is 6.04 Å². The Bertz CT molecular complexity index is 1150. The van der Waals surface area contributed by atoms with E-state index in [1.54, 1.807) is 27.6 Å². The largest absolute Gasteiger partial charge is 0.350 e. The molecular formula is C27H26N2O2S2. The maximum atomic E-state index is 13.6. The first-order chi connectivity index (χ1) is 16.1. The second-order valence-electron chi connectivity index (χ2n) is 7.87. The number of hydrogen-bond acceptors (Lipinski definition) is 4. The van der Waals surface area contributed by atoms with Crippen LogP contribution >= 0.6 is 22.7 Å². The predicted octanol–water partition coefficient (Wildman–Crippen LogP) is 5.75. The van der Waals surface area contributed by atoms with E-state index in [1.165, 1.54) is 0 Å². The molecule has 1 atom stereocenters. The maximum Gasteiger partial charge on any atom is 0.247 e. The van der Waals surface area contributed by atoms with Gasteiger partial charge in [0.25, 0.3) is 0 Å². The van der Waals surface area contributed by atoms with Crippen molar-refractivity contribution >= 4 is 34.5 Å². The number of thiophene rings is 2. The molecule has 0 fully saturated rings. The average molecular weight is 475 g/mol. The first kappa shape index (κ1) is 23.0. The summed E-state index contributed by atoms with van der Waals surface area (Å²) in [6.45, 7) is 2.81. The van der Waals surface area contributed by atoms with Crippen molar-refractivity contribution in [3.05, 3.63) is 116 Å². The van der Waals surface area contributed by atoms with Gasteiger partial charge in [0.05, 0.1) is 13.0 Å². The summed E-state index contributed by atoms with van der Waals surface area (Å²) in [5.41, 5.74) is 2.93. The van der Waals surface area contributed by atoms with E-state index in [0.29, 0.717) is 13.1 Å². The van der Waals surface area contributed by atoms with Crippen LogP contribution in [0.3, 0.4) is 0 Å². The lowest BCUT2D eigenvalue weighted by molar-refractivity contribution is -0.141. The highest BCUT2D eigenvalue weighted by atomic mass is 32.1. The minimum absolute atomic E-state index is 0.0636. The Morgan fingerprint density at radius 2 is 1.52 bits per heavy atom. The van der Waals surface area contributed by atoms with Crippen LogP contribution < -0.4 is 5.32 Å². The summed E-state index contributed by atoms with van der Waals surface area (Å²) in [6, 6.07) is 24.8. The number of carbonyl (C=O) groups excluding carboxylic acids is 2. The van der Waals surface area contributed by atoms with Gasteiger partial charge in [0, 0.05) is 16.3 Å². The second kappa shape index (κ2) is 11.1. The average Bonchev–Trinajstić information content (AvgIpc) is 3.53. The molecule has 2 aromatic heterocycles. The van der Waals surface area contributed by atoms with Gasteiger partial charge in [-0.25, -0.2) is 0 Å². The second-order valence-corrected chi connectivity index (χ2v) is 9.94. The fraction of sp³-hybridized carbons (Fsp3) is 0.185. The van der Waals surface area contributed by atoms with Gasteiger partial charge in [0.2, 0.25) is 11.8 Å². The van der Waals surface area contributed by atoms with E-state index in [1.807, 2.05) is 96.5 Å². The molecule has 1 unspecified atom stereocenters. The van der Waals surface area contributed by atoms with Crippen LogP contribution in [-0.4, -0.2) is 16.7 Å². The third-order valence-electron chi connectivity index (χ3n) is 5.39. The van der Waals surface area contributed by atoms with E-state index in [0.717, 1.165) is 26.4 Å². The molecule has 33 heavy (non-hydrogen) atoms. The summed E-state index contributed by atoms with van der Waals surface area (Å²) >= 11 is 3.15. The number of nitrogens with zero attached hydrogens (tertiary/aromatic N) is 1. The summed E-state index contributed by atoms with van der Waals surface area (Å²) in [4.78, 5) is 30.9. The summed E-state index contributed by atoms with van der Waals surface area (Å²) in [5, 5.41) is 7.02. The van der Waals surface area contributed by atoms with Crippen LogP contribution in [0.4, 0.5) is 0 Å². The lowest BCUT2D eigenvalue weighted by Gasteiger charge is -2.31. The molecule has 4 aromatic rings. The summed E-state index contributed by atoms with van der Waals surface area (Å²) < 4.78 is 0. The molecular weight excluding hydrogens is 448 g/mol. The minimum atomic E-state index is -0.719. The van der Waals surface area contributed by atoms with Crippen molar-refractivity contribution in [3.63, 3.8) is 0 Å². The van der Waals surface area contributed by atoms with Crippen LogP contribution in [-0.2, 0) is 29.1 Å². The van der Waals surface area contributed by atoms with Crippen molar-refractivity contribution in [2.45, 2.75) is 32.5 Å². The zero-order valence-electron chi connectivity index (χ0n) is 18.4. The molecule has 0 radical (unpaired) electrons. The summed E-state index contributed by atoms with van der Waals surface area (Å²) in [7, 11) is 0. The highest BCUT2D eigenvalue weighted by molar-refractivity contribution is 7.10. The number of hydrogen-bond donors (Lipinski definition) is 1. The van der Waals surface area contributed by atoms with Crippen LogP contribution in [0.2, 0.25) is 0 Å². The van der Waals surface area contributed by atoms with Crippen LogP contribution in [0.15, 0.2) is 89.6 Å². The van der Waals surface area contributed by atoms with Gasteiger partial charge in [-0.15, -0.1) is 22.7 Å². The minimum Gasteiger partial charge on any atom is -0.350 e. The van der Waals surface area contributed by atoms with Crippen LogP contribution in [0.25, 0.3) is 0 Å².